The molecule has 0 aliphatic carbocycles. The Morgan fingerprint density at radius 2 is 1.14 bits per heavy atom. The lowest BCUT2D eigenvalue weighted by Gasteiger charge is -2.39. The zero-order valence-corrected chi connectivity index (χ0v) is 21.6. The van der Waals surface area contributed by atoms with Crippen molar-refractivity contribution >= 4 is 17.3 Å². The van der Waals surface area contributed by atoms with Crippen molar-refractivity contribution in [3.8, 4) is 0 Å². The molecule has 0 heterocycles. The predicted octanol–water partition coefficient (Wildman–Crippen LogP) is 7.38. The fourth-order valence-electron chi connectivity index (χ4n) is 5.27. The molecule has 1 N–H and O–H groups in total. The summed E-state index contributed by atoms with van der Waals surface area (Å²) >= 11 is 5.64. The summed E-state index contributed by atoms with van der Waals surface area (Å²) in [4.78, 5) is 0. The van der Waals surface area contributed by atoms with Crippen molar-refractivity contribution in [2.45, 2.75) is 37.2 Å². The van der Waals surface area contributed by atoms with E-state index in [0.29, 0.717) is 11.5 Å². The minimum absolute atomic E-state index is 0.246. The van der Waals surface area contributed by atoms with E-state index in [1.807, 2.05) is 24.3 Å². The lowest BCUT2D eigenvalue weighted by molar-refractivity contribution is 0.100. The first-order valence-corrected chi connectivity index (χ1v) is 13.0. The van der Waals surface area contributed by atoms with E-state index in [2.05, 4.69) is 97.1 Å². The summed E-state index contributed by atoms with van der Waals surface area (Å²) in [6.45, 7) is 0. The van der Waals surface area contributed by atoms with Crippen LogP contribution in [-0.4, -0.2) is 23.4 Å². The Hall–Kier alpha value is -3.27. The van der Waals surface area contributed by atoms with Crippen molar-refractivity contribution in [3.05, 3.63) is 144 Å². The molecule has 0 amide bonds. The van der Waals surface area contributed by atoms with Gasteiger partial charge in [0.25, 0.3) is 0 Å². The highest BCUT2D eigenvalue weighted by Crippen LogP contribution is 2.44. The summed E-state index contributed by atoms with van der Waals surface area (Å²) in [6.07, 6.45) is 2.43. The Bertz CT molecular complexity index is 1100. The number of aliphatic hydroxyl groups is 1. The van der Waals surface area contributed by atoms with E-state index in [1.54, 1.807) is 7.11 Å². The number of aliphatic hydroxyl groups excluding tert-OH is 1. The number of hydrogen-bond acceptors (Lipinski definition) is 3. The van der Waals surface area contributed by atoms with Gasteiger partial charge in [-0.2, -0.15) is 0 Å². The fourth-order valence-corrected chi connectivity index (χ4v) is 5.54. The van der Waals surface area contributed by atoms with E-state index >= 15 is 0 Å². The van der Waals surface area contributed by atoms with Crippen molar-refractivity contribution in [3.63, 3.8) is 0 Å². The van der Waals surface area contributed by atoms with E-state index in [0.717, 1.165) is 36.0 Å². The van der Waals surface area contributed by atoms with Gasteiger partial charge in [-0.05, 0) is 60.2 Å². The number of aryl methyl sites for hydroxylation is 1. The van der Waals surface area contributed by atoms with Crippen LogP contribution in [0.3, 0.4) is 0 Å². The molecular weight excluding hydrogens is 460 g/mol. The van der Waals surface area contributed by atoms with Gasteiger partial charge in [-0.1, -0.05) is 121 Å². The van der Waals surface area contributed by atoms with E-state index in [1.165, 1.54) is 5.56 Å². The van der Waals surface area contributed by atoms with Gasteiger partial charge in [-0.3, -0.25) is 0 Å². The van der Waals surface area contributed by atoms with Crippen LogP contribution in [0.2, 0.25) is 0 Å². The van der Waals surface area contributed by atoms with Gasteiger partial charge < -0.3 is 9.84 Å². The van der Waals surface area contributed by atoms with Crippen LogP contribution in [0.5, 0.6) is 0 Å². The summed E-state index contributed by atoms with van der Waals surface area (Å²) in [5, 5.41) is 12.3. The van der Waals surface area contributed by atoms with Crippen LogP contribution in [0, 0.1) is 5.92 Å². The predicted molar refractivity (Wildman–Crippen MR) is 152 cm³/mol. The van der Waals surface area contributed by atoms with Gasteiger partial charge in [0.2, 0.25) is 0 Å². The molecule has 4 aromatic rings. The van der Waals surface area contributed by atoms with E-state index in [-0.39, 0.29) is 5.92 Å². The number of ether oxygens (including phenoxy) is 1. The minimum atomic E-state index is -0.686. The first-order valence-electron chi connectivity index (χ1n) is 12.6. The highest BCUT2D eigenvalue weighted by atomic mass is 32.1. The van der Waals surface area contributed by atoms with Crippen LogP contribution < -0.4 is 0 Å². The molecule has 0 spiro atoms. The Kier molecular flexibility index (Phi) is 9.05. The number of thiocarbonyl (C=S) groups is 1. The lowest BCUT2D eigenvalue weighted by Crippen LogP contribution is -2.39. The Morgan fingerprint density at radius 3 is 1.56 bits per heavy atom. The molecule has 3 heteroatoms. The second kappa shape index (κ2) is 12.6. The third-order valence-electron chi connectivity index (χ3n) is 7.11. The second-order valence-electron chi connectivity index (χ2n) is 9.28. The highest BCUT2D eigenvalue weighted by molar-refractivity contribution is 7.80. The average Bonchev–Trinajstić information content (AvgIpc) is 2.95. The molecule has 0 saturated heterocycles. The number of rotatable bonds is 11. The SMILES string of the molecule is COC(=S)C(CCCc1ccccc1)C(O)CC(c1ccccc1)(c1ccccc1)c1ccccc1. The number of benzene rings is 4. The maximum absolute atomic E-state index is 11.9. The summed E-state index contributed by atoms with van der Waals surface area (Å²) in [5.74, 6) is -0.246. The van der Waals surface area contributed by atoms with Gasteiger partial charge in [0.1, 0.15) is 0 Å². The molecule has 0 saturated carbocycles. The van der Waals surface area contributed by atoms with Gasteiger partial charge >= 0.3 is 0 Å². The zero-order valence-electron chi connectivity index (χ0n) is 20.8. The summed E-state index contributed by atoms with van der Waals surface area (Å²) in [6, 6.07) is 41.9. The third-order valence-corrected chi connectivity index (χ3v) is 7.58. The maximum Gasteiger partial charge on any atom is 0.164 e. The maximum atomic E-state index is 11.9. The second-order valence-corrected chi connectivity index (χ2v) is 9.68. The quantitative estimate of drug-likeness (QED) is 0.174. The average molecular weight is 495 g/mol. The standard InChI is InChI=1S/C33H34O2S/c1-35-32(36)30(24-14-17-26-15-6-2-7-16-26)31(34)25-33(27-18-8-3-9-19-27,28-20-10-4-11-21-28)29-22-12-5-13-23-29/h2-13,15-16,18-23,30-31,34H,14,17,24-25H2,1H3. The van der Waals surface area contributed by atoms with Crippen molar-refractivity contribution < 1.29 is 9.84 Å². The molecule has 0 aliphatic heterocycles. The molecule has 2 unspecified atom stereocenters. The number of methoxy groups -OCH3 is 1. The lowest BCUT2D eigenvalue weighted by atomic mass is 9.65. The van der Waals surface area contributed by atoms with Gasteiger partial charge in [0.05, 0.1) is 19.1 Å². The van der Waals surface area contributed by atoms with Crippen LogP contribution in [0.4, 0.5) is 0 Å². The molecule has 2 nitrogen and oxygen atoms in total. The van der Waals surface area contributed by atoms with E-state index in [4.69, 9.17) is 17.0 Å². The molecule has 36 heavy (non-hydrogen) atoms. The van der Waals surface area contributed by atoms with Crippen LogP contribution in [0.15, 0.2) is 121 Å². The molecule has 2 atom stereocenters. The van der Waals surface area contributed by atoms with E-state index in [9.17, 15) is 5.11 Å². The smallest absolute Gasteiger partial charge is 0.164 e. The highest BCUT2D eigenvalue weighted by Gasteiger charge is 2.40. The summed E-state index contributed by atoms with van der Waals surface area (Å²) in [7, 11) is 1.61. The first-order chi connectivity index (χ1) is 17.6. The molecule has 4 aromatic carbocycles. The monoisotopic (exact) mass is 494 g/mol. The molecule has 0 radical (unpaired) electrons. The third kappa shape index (κ3) is 5.92. The molecule has 0 aliphatic rings. The molecule has 0 bridgehead atoms. The normalized spacial score (nSPS) is 13.1. The topological polar surface area (TPSA) is 29.5 Å². The van der Waals surface area contributed by atoms with Crippen molar-refractivity contribution in [1.29, 1.82) is 0 Å². The minimum Gasteiger partial charge on any atom is -0.490 e. The fraction of sp³-hybridized carbons (Fsp3) is 0.242. The summed E-state index contributed by atoms with van der Waals surface area (Å²) < 4.78 is 5.54. The molecule has 0 fully saturated rings. The molecule has 0 aromatic heterocycles. The zero-order chi connectivity index (χ0) is 25.2. The summed E-state index contributed by atoms with van der Waals surface area (Å²) in [5.41, 5.74) is 4.19. The Morgan fingerprint density at radius 1 is 0.722 bits per heavy atom. The van der Waals surface area contributed by atoms with Crippen molar-refractivity contribution in [2.24, 2.45) is 5.92 Å². The van der Waals surface area contributed by atoms with Crippen LogP contribution in [0.25, 0.3) is 0 Å². The van der Waals surface area contributed by atoms with Crippen LogP contribution in [0.1, 0.15) is 41.5 Å². The van der Waals surface area contributed by atoms with Gasteiger partial charge in [-0.15, -0.1) is 0 Å². The Balaban J connectivity index is 1.71. The van der Waals surface area contributed by atoms with Crippen molar-refractivity contribution in [2.75, 3.05) is 7.11 Å². The Labute approximate surface area is 220 Å². The van der Waals surface area contributed by atoms with Crippen LogP contribution in [-0.2, 0) is 16.6 Å². The largest absolute Gasteiger partial charge is 0.490 e. The van der Waals surface area contributed by atoms with Crippen molar-refractivity contribution in [1.82, 2.24) is 0 Å². The van der Waals surface area contributed by atoms with Crippen LogP contribution >= 0.6 is 12.2 Å². The number of hydrogen-bond donors (Lipinski definition) is 1. The first kappa shape index (κ1) is 25.8. The van der Waals surface area contributed by atoms with Gasteiger partial charge in [0, 0.05) is 5.41 Å². The van der Waals surface area contributed by atoms with E-state index < -0.39 is 11.5 Å². The van der Waals surface area contributed by atoms with Gasteiger partial charge in [0.15, 0.2) is 5.05 Å². The molecular formula is C33H34O2S. The molecule has 184 valence electrons. The van der Waals surface area contributed by atoms with Gasteiger partial charge in [-0.25, -0.2) is 0 Å². The molecule has 4 rings (SSSR count).